The zero-order valence-corrected chi connectivity index (χ0v) is 16.4. The van der Waals surface area contributed by atoms with Crippen LogP contribution in [0.3, 0.4) is 0 Å². The van der Waals surface area contributed by atoms with Gasteiger partial charge in [-0.15, -0.1) is 0 Å². The number of ketones is 1. The molecule has 1 aliphatic rings. The molecule has 1 aliphatic heterocycles. The Labute approximate surface area is 173 Å². The van der Waals surface area contributed by atoms with E-state index < -0.39 is 6.03 Å². The number of Topliss-reactive ketones (excluding diaryl/α,β-unsaturated/α-hetero) is 1. The Balaban J connectivity index is 1.67. The van der Waals surface area contributed by atoms with Crippen molar-refractivity contribution in [2.24, 2.45) is 10.7 Å². The molecule has 6 heteroatoms. The van der Waals surface area contributed by atoms with Crippen molar-refractivity contribution in [3.05, 3.63) is 94.8 Å². The highest BCUT2D eigenvalue weighted by molar-refractivity contribution is 6.14. The SMILES string of the molecule is CC(=O)c1ccc(N(C(N)=O)c2ccc(C3=NCCc4ccc(F)cc43)cc2)cc1. The van der Waals surface area contributed by atoms with Crippen molar-refractivity contribution >= 4 is 28.9 Å². The van der Waals surface area contributed by atoms with E-state index in [1.165, 1.54) is 24.0 Å². The molecule has 3 aromatic carbocycles. The van der Waals surface area contributed by atoms with E-state index in [0.29, 0.717) is 23.5 Å². The summed E-state index contributed by atoms with van der Waals surface area (Å²) in [6.07, 6.45) is 0.781. The Kier molecular flexibility index (Phi) is 5.14. The average molecular weight is 401 g/mol. The Hall–Kier alpha value is -3.80. The number of fused-ring (bicyclic) bond motifs is 1. The van der Waals surface area contributed by atoms with Gasteiger partial charge in [0, 0.05) is 23.2 Å². The predicted octanol–water partition coefficient (Wildman–Crippen LogP) is 4.64. The smallest absolute Gasteiger partial charge is 0.323 e. The fourth-order valence-corrected chi connectivity index (χ4v) is 3.62. The molecule has 5 nitrogen and oxygen atoms in total. The molecule has 1 heterocycles. The summed E-state index contributed by atoms with van der Waals surface area (Å²) in [7, 11) is 0. The zero-order chi connectivity index (χ0) is 21.3. The van der Waals surface area contributed by atoms with E-state index in [1.54, 1.807) is 42.5 Å². The fraction of sp³-hybridized carbons (Fsp3) is 0.125. The van der Waals surface area contributed by atoms with Crippen molar-refractivity contribution in [3.8, 4) is 0 Å². The van der Waals surface area contributed by atoms with Crippen LogP contribution >= 0.6 is 0 Å². The second-order valence-electron chi connectivity index (χ2n) is 7.11. The quantitative estimate of drug-likeness (QED) is 0.647. The third kappa shape index (κ3) is 3.72. The first-order valence-corrected chi connectivity index (χ1v) is 9.58. The molecule has 150 valence electrons. The summed E-state index contributed by atoms with van der Waals surface area (Å²) in [5.74, 6) is -0.351. The van der Waals surface area contributed by atoms with Crippen molar-refractivity contribution in [1.29, 1.82) is 0 Å². The van der Waals surface area contributed by atoms with E-state index in [2.05, 4.69) is 4.99 Å². The summed E-state index contributed by atoms with van der Waals surface area (Å²) in [4.78, 5) is 29.6. The maximum absolute atomic E-state index is 13.8. The number of primary amides is 1. The fourth-order valence-electron chi connectivity index (χ4n) is 3.62. The number of anilines is 2. The van der Waals surface area contributed by atoms with Crippen LogP contribution in [0, 0.1) is 5.82 Å². The number of rotatable bonds is 4. The normalized spacial score (nSPS) is 12.7. The minimum absolute atomic E-state index is 0.0542. The number of benzene rings is 3. The number of hydrogen-bond acceptors (Lipinski definition) is 3. The molecule has 0 aromatic heterocycles. The molecule has 0 unspecified atom stereocenters. The minimum Gasteiger partial charge on any atom is -0.351 e. The van der Waals surface area contributed by atoms with Gasteiger partial charge in [-0.1, -0.05) is 18.2 Å². The number of nitrogens with zero attached hydrogens (tertiary/aromatic N) is 2. The number of carbonyl (C=O) groups excluding carboxylic acids is 2. The average Bonchev–Trinajstić information content (AvgIpc) is 2.74. The molecule has 0 radical (unpaired) electrons. The highest BCUT2D eigenvalue weighted by Crippen LogP contribution is 2.28. The Morgan fingerprint density at radius 2 is 1.60 bits per heavy atom. The van der Waals surface area contributed by atoms with Crippen LogP contribution in [0.5, 0.6) is 0 Å². The summed E-state index contributed by atoms with van der Waals surface area (Å²) >= 11 is 0. The molecular formula is C24H20FN3O2. The molecule has 4 rings (SSSR count). The first kappa shape index (κ1) is 19.5. The minimum atomic E-state index is -0.638. The highest BCUT2D eigenvalue weighted by Gasteiger charge is 2.19. The Morgan fingerprint density at radius 3 is 2.20 bits per heavy atom. The molecule has 0 aliphatic carbocycles. The molecule has 0 saturated heterocycles. The van der Waals surface area contributed by atoms with Gasteiger partial charge in [0.1, 0.15) is 5.82 Å². The molecule has 2 N–H and O–H groups in total. The van der Waals surface area contributed by atoms with Gasteiger partial charge >= 0.3 is 6.03 Å². The first-order chi connectivity index (χ1) is 14.4. The largest absolute Gasteiger partial charge is 0.351 e. The Morgan fingerprint density at radius 1 is 0.967 bits per heavy atom. The van der Waals surface area contributed by atoms with Crippen molar-refractivity contribution in [3.63, 3.8) is 0 Å². The van der Waals surface area contributed by atoms with E-state index in [4.69, 9.17) is 5.73 Å². The standard InChI is InChI=1S/C24H20FN3O2/c1-15(29)16-3-8-20(9-4-16)28(24(26)30)21-10-5-18(6-11-21)23-22-14-19(25)7-2-17(22)12-13-27-23/h2-11,14H,12-13H2,1H3,(H2,26,30). The van der Waals surface area contributed by atoms with Crippen molar-refractivity contribution in [1.82, 2.24) is 0 Å². The van der Waals surface area contributed by atoms with Crippen LogP contribution in [0.15, 0.2) is 71.7 Å². The second-order valence-corrected chi connectivity index (χ2v) is 7.11. The lowest BCUT2D eigenvalue weighted by Crippen LogP contribution is -2.31. The topological polar surface area (TPSA) is 75.8 Å². The molecule has 0 fully saturated rings. The van der Waals surface area contributed by atoms with Crippen LogP contribution in [-0.4, -0.2) is 24.1 Å². The Bertz CT molecular complexity index is 1150. The molecule has 0 spiro atoms. The van der Waals surface area contributed by atoms with Gasteiger partial charge < -0.3 is 5.73 Å². The van der Waals surface area contributed by atoms with Gasteiger partial charge in [0.25, 0.3) is 0 Å². The van der Waals surface area contributed by atoms with Crippen LogP contribution in [0.2, 0.25) is 0 Å². The van der Waals surface area contributed by atoms with Gasteiger partial charge in [-0.05, 0) is 67.4 Å². The third-order valence-electron chi connectivity index (χ3n) is 5.13. The van der Waals surface area contributed by atoms with E-state index in [-0.39, 0.29) is 11.6 Å². The number of halogens is 1. The summed E-state index contributed by atoms with van der Waals surface area (Å²) in [5, 5.41) is 0. The van der Waals surface area contributed by atoms with Gasteiger partial charge in [-0.2, -0.15) is 0 Å². The summed E-state index contributed by atoms with van der Waals surface area (Å²) in [6, 6.07) is 18.0. The van der Waals surface area contributed by atoms with Crippen LogP contribution < -0.4 is 10.6 Å². The second kappa shape index (κ2) is 7.91. The molecule has 0 atom stereocenters. The number of urea groups is 1. The monoisotopic (exact) mass is 401 g/mol. The summed E-state index contributed by atoms with van der Waals surface area (Å²) in [6.45, 7) is 2.13. The molecule has 30 heavy (non-hydrogen) atoms. The summed E-state index contributed by atoms with van der Waals surface area (Å²) < 4.78 is 13.8. The van der Waals surface area contributed by atoms with Crippen molar-refractivity contribution in [2.75, 3.05) is 11.4 Å². The molecule has 0 bridgehead atoms. The van der Waals surface area contributed by atoms with Crippen LogP contribution in [0.1, 0.15) is 34.0 Å². The predicted molar refractivity (Wildman–Crippen MR) is 115 cm³/mol. The van der Waals surface area contributed by atoms with Crippen molar-refractivity contribution in [2.45, 2.75) is 13.3 Å². The van der Waals surface area contributed by atoms with Gasteiger partial charge in [-0.25, -0.2) is 9.18 Å². The number of carbonyl (C=O) groups is 2. The summed E-state index contributed by atoms with van der Waals surface area (Å²) in [5.41, 5.74) is 10.7. The van der Waals surface area contributed by atoms with Gasteiger partial charge in [0.15, 0.2) is 5.78 Å². The lowest BCUT2D eigenvalue weighted by atomic mass is 9.93. The van der Waals surface area contributed by atoms with Crippen LogP contribution in [0.25, 0.3) is 0 Å². The van der Waals surface area contributed by atoms with Gasteiger partial charge in [-0.3, -0.25) is 14.7 Å². The molecular weight excluding hydrogens is 381 g/mol. The molecule has 0 saturated carbocycles. The van der Waals surface area contributed by atoms with E-state index in [0.717, 1.165) is 28.8 Å². The third-order valence-corrected chi connectivity index (χ3v) is 5.13. The number of nitrogens with two attached hydrogens (primary N) is 1. The van der Waals surface area contributed by atoms with E-state index in [9.17, 15) is 14.0 Å². The number of amides is 2. The lowest BCUT2D eigenvalue weighted by molar-refractivity contribution is 0.101. The maximum Gasteiger partial charge on any atom is 0.323 e. The van der Waals surface area contributed by atoms with Gasteiger partial charge in [0.2, 0.25) is 0 Å². The van der Waals surface area contributed by atoms with Gasteiger partial charge in [0.05, 0.1) is 17.1 Å². The van der Waals surface area contributed by atoms with E-state index in [1.807, 2.05) is 12.1 Å². The highest BCUT2D eigenvalue weighted by atomic mass is 19.1. The van der Waals surface area contributed by atoms with Crippen molar-refractivity contribution < 1.29 is 14.0 Å². The number of hydrogen-bond donors (Lipinski definition) is 1. The van der Waals surface area contributed by atoms with Crippen LogP contribution in [-0.2, 0) is 6.42 Å². The first-order valence-electron chi connectivity index (χ1n) is 9.58. The maximum atomic E-state index is 13.8. The van der Waals surface area contributed by atoms with E-state index >= 15 is 0 Å². The zero-order valence-electron chi connectivity index (χ0n) is 16.4. The number of aliphatic imine (C=N–C) groups is 1. The van der Waals surface area contributed by atoms with Crippen LogP contribution in [0.4, 0.5) is 20.6 Å². The lowest BCUT2D eigenvalue weighted by Gasteiger charge is -2.22. The molecule has 2 amide bonds. The molecule has 3 aromatic rings.